The number of aliphatic hydroxyl groups is 2. The normalized spacial score (nSPS) is 21.0. The molecule has 0 radical (unpaired) electrons. The van der Waals surface area contributed by atoms with Gasteiger partial charge in [-0.05, 0) is 24.6 Å². The van der Waals surface area contributed by atoms with Gasteiger partial charge in [0.25, 0.3) is 0 Å². The highest BCUT2D eigenvalue weighted by Gasteiger charge is 2.40. The summed E-state index contributed by atoms with van der Waals surface area (Å²) in [6.07, 6.45) is -1.41. The molecule has 1 saturated heterocycles. The van der Waals surface area contributed by atoms with Gasteiger partial charge in [-0.15, -0.1) is 0 Å². The van der Waals surface area contributed by atoms with Crippen LogP contribution in [-0.2, 0) is 19.9 Å². The van der Waals surface area contributed by atoms with Gasteiger partial charge in [-0.3, -0.25) is 0 Å². The van der Waals surface area contributed by atoms with Crippen molar-refractivity contribution in [3.8, 4) is 0 Å². The highest BCUT2D eigenvalue weighted by Crippen LogP contribution is 2.30. The van der Waals surface area contributed by atoms with Crippen LogP contribution in [0.1, 0.15) is 16.8 Å². The number of aromatic carboxylic acids is 1. The predicted octanol–water partition coefficient (Wildman–Crippen LogP) is -0.431. The van der Waals surface area contributed by atoms with Crippen LogP contribution in [0, 0.1) is 0 Å². The van der Waals surface area contributed by atoms with Crippen molar-refractivity contribution >= 4 is 37.4 Å². The quantitative estimate of drug-likeness (QED) is 0.530. The largest absolute Gasteiger partial charge is 0.478 e. The molecule has 1 aromatic carbocycles. The first-order chi connectivity index (χ1) is 12.0. The van der Waals surface area contributed by atoms with Gasteiger partial charge in [0.1, 0.15) is 4.90 Å². The molecule has 146 valence electrons. The monoisotopic (exact) mass is 427 g/mol. The number of sulfonamides is 1. The van der Waals surface area contributed by atoms with Crippen molar-refractivity contribution < 1.29 is 36.9 Å². The third-order valence-electron chi connectivity index (χ3n) is 3.98. The smallest absolute Gasteiger partial charge is 0.335 e. The van der Waals surface area contributed by atoms with Crippen molar-refractivity contribution in [1.29, 1.82) is 0 Å². The number of benzene rings is 1. The van der Waals surface area contributed by atoms with Crippen molar-refractivity contribution in [3.63, 3.8) is 0 Å². The fraction of sp³-hybridized carbons (Fsp3) is 0.500. The van der Waals surface area contributed by atoms with E-state index in [0.29, 0.717) is 0 Å². The van der Waals surface area contributed by atoms with E-state index in [1.165, 1.54) is 0 Å². The standard InChI is InChI=1S/C14H18ClNO8S2/c15-12-2-1-9(14(19)20)5-13(12)26(23,24)16(6-11(18)7-17)10-3-4-25(21,22)8-10/h1-2,5,10-11,17-18H,3-4,6-8H2,(H,19,20)/t10-,11-/m0/s1. The van der Waals surface area contributed by atoms with Gasteiger partial charge in [0, 0.05) is 12.6 Å². The van der Waals surface area contributed by atoms with E-state index < -0.39 is 61.8 Å². The first-order valence-corrected chi connectivity index (χ1v) is 11.2. The van der Waals surface area contributed by atoms with E-state index in [1.807, 2.05) is 0 Å². The zero-order valence-electron chi connectivity index (χ0n) is 13.4. The van der Waals surface area contributed by atoms with E-state index in [0.717, 1.165) is 22.5 Å². The summed E-state index contributed by atoms with van der Waals surface area (Å²) in [4.78, 5) is 10.6. The van der Waals surface area contributed by atoms with Gasteiger partial charge < -0.3 is 15.3 Å². The molecule has 1 fully saturated rings. The number of sulfone groups is 1. The summed E-state index contributed by atoms with van der Waals surface area (Å²) >= 11 is 5.93. The molecule has 1 aliphatic heterocycles. The molecule has 0 bridgehead atoms. The SMILES string of the molecule is O=C(O)c1ccc(Cl)c(S(=O)(=O)N(C[C@H](O)CO)[C@H]2CCS(=O)(=O)C2)c1. The minimum Gasteiger partial charge on any atom is -0.478 e. The lowest BCUT2D eigenvalue weighted by atomic mass is 10.2. The summed E-state index contributed by atoms with van der Waals surface area (Å²) in [5.74, 6) is -1.99. The van der Waals surface area contributed by atoms with E-state index in [1.54, 1.807) is 0 Å². The Morgan fingerprint density at radius 2 is 2.04 bits per heavy atom. The van der Waals surface area contributed by atoms with Crippen LogP contribution in [0.4, 0.5) is 0 Å². The van der Waals surface area contributed by atoms with E-state index in [9.17, 15) is 26.7 Å². The van der Waals surface area contributed by atoms with Crippen LogP contribution in [0.3, 0.4) is 0 Å². The van der Waals surface area contributed by atoms with Gasteiger partial charge in [-0.25, -0.2) is 21.6 Å². The molecule has 0 unspecified atom stereocenters. The predicted molar refractivity (Wildman–Crippen MR) is 92.5 cm³/mol. The lowest BCUT2D eigenvalue weighted by molar-refractivity contribution is 0.0696. The second-order valence-corrected chi connectivity index (χ2v) is 10.4. The second kappa shape index (κ2) is 7.79. The summed E-state index contributed by atoms with van der Waals surface area (Å²) in [5, 5.41) is 27.6. The molecule has 0 aliphatic carbocycles. The highest BCUT2D eigenvalue weighted by atomic mass is 35.5. The molecule has 9 nitrogen and oxygen atoms in total. The summed E-state index contributed by atoms with van der Waals surface area (Å²) in [6.45, 7) is -1.28. The minimum atomic E-state index is -4.42. The highest BCUT2D eigenvalue weighted by molar-refractivity contribution is 7.92. The van der Waals surface area contributed by atoms with Crippen LogP contribution in [0.15, 0.2) is 23.1 Å². The first-order valence-electron chi connectivity index (χ1n) is 7.52. The Labute approximate surface area is 155 Å². The van der Waals surface area contributed by atoms with Crippen molar-refractivity contribution in [2.24, 2.45) is 0 Å². The zero-order chi connectivity index (χ0) is 19.7. The molecule has 0 saturated carbocycles. The van der Waals surface area contributed by atoms with Gasteiger partial charge in [0.05, 0.1) is 34.8 Å². The van der Waals surface area contributed by atoms with Gasteiger partial charge in [0.15, 0.2) is 9.84 Å². The van der Waals surface area contributed by atoms with Crippen LogP contribution < -0.4 is 0 Å². The Bertz CT molecular complexity index is 900. The van der Waals surface area contributed by atoms with E-state index >= 15 is 0 Å². The number of carboxylic acid groups (broad SMARTS) is 1. The maximum absolute atomic E-state index is 13.0. The Morgan fingerprint density at radius 3 is 2.54 bits per heavy atom. The molecular formula is C14H18ClNO8S2. The van der Waals surface area contributed by atoms with E-state index in [4.69, 9.17) is 21.8 Å². The lowest BCUT2D eigenvalue weighted by Gasteiger charge is -2.29. The number of carbonyl (C=O) groups is 1. The van der Waals surface area contributed by atoms with Crippen LogP contribution in [0.2, 0.25) is 5.02 Å². The van der Waals surface area contributed by atoms with Crippen molar-refractivity contribution in [2.45, 2.75) is 23.5 Å². The second-order valence-electron chi connectivity index (χ2n) is 5.92. The average Bonchev–Trinajstić information content (AvgIpc) is 2.91. The Kier molecular flexibility index (Phi) is 6.31. The number of hydrogen-bond donors (Lipinski definition) is 3. The first kappa shape index (κ1) is 21.1. The molecular weight excluding hydrogens is 410 g/mol. The van der Waals surface area contributed by atoms with E-state index in [-0.39, 0.29) is 22.8 Å². The van der Waals surface area contributed by atoms with E-state index in [2.05, 4.69) is 0 Å². The van der Waals surface area contributed by atoms with Gasteiger partial charge >= 0.3 is 5.97 Å². The maximum atomic E-state index is 13.0. The molecule has 2 rings (SSSR count). The summed E-state index contributed by atoms with van der Waals surface area (Å²) in [5.41, 5.74) is -0.310. The van der Waals surface area contributed by atoms with Crippen molar-refractivity contribution in [3.05, 3.63) is 28.8 Å². The molecule has 0 spiro atoms. The Morgan fingerprint density at radius 1 is 1.38 bits per heavy atom. The summed E-state index contributed by atoms with van der Waals surface area (Å²) in [7, 11) is -7.86. The minimum absolute atomic E-state index is 0.0238. The molecule has 3 N–H and O–H groups in total. The zero-order valence-corrected chi connectivity index (χ0v) is 15.8. The maximum Gasteiger partial charge on any atom is 0.335 e. The van der Waals surface area contributed by atoms with Crippen LogP contribution in [-0.4, -0.2) is 79.2 Å². The average molecular weight is 428 g/mol. The third-order valence-corrected chi connectivity index (χ3v) is 8.13. The van der Waals surface area contributed by atoms with Crippen LogP contribution in [0.25, 0.3) is 0 Å². The number of rotatable bonds is 7. The number of hydrogen-bond acceptors (Lipinski definition) is 7. The number of nitrogens with zero attached hydrogens (tertiary/aromatic N) is 1. The molecule has 1 heterocycles. The van der Waals surface area contributed by atoms with Gasteiger partial charge in [-0.1, -0.05) is 11.6 Å². The molecule has 2 atom stereocenters. The van der Waals surface area contributed by atoms with Crippen molar-refractivity contribution in [2.75, 3.05) is 24.7 Å². The number of halogens is 1. The summed E-state index contributed by atoms with van der Waals surface area (Å²) < 4.78 is 50.3. The summed E-state index contributed by atoms with van der Waals surface area (Å²) in [6, 6.07) is 2.18. The lowest BCUT2D eigenvalue weighted by Crippen LogP contribution is -2.46. The molecule has 26 heavy (non-hydrogen) atoms. The molecule has 1 aromatic rings. The fourth-order valence-electron chi connectivity index (χ4n) is 2.67. The topological polar surface area (TPSA) is 149 Å². The molecule has 0 aromatic heterocycles. The number of carboxylic acids is 1. The Balaban J connectivity index is 2.52. The van der Waals surface area contributed by atoms with Gasteiger partial charge in [0.2, 0.25) is 10.0 Å². The van der Waals surface area contributed by atoms with Crippen molar-refractivity contribution in [1.82, 2.24) is 4.31 Å². The van der Waals surface area contributed by atoms with Crippen LogP contribution in [0.5, 0.6) is 0 Å². The van der Waals surface area contributed by atoms with Gasteiger partial charge in [-0.2, -0.15) is 4.31 Å². The molecule has 12 heteroatoms. The third kappa shape index (κ3) is 4.53. The molecule has 0 amide bonds. The number of aliphatic hydroxyl groups excluding tert-OH is 2. The van der Waals surface area contributed by atoms with Crippen LogP contribution >= 0.6 is 11.6 Å². The molecule has 1 aliphatic rings. The Hall–Kier alpha value is -1.24. The fourth-order valence-corrected chi connectivity index (χ4v) is 6.69.